The molecule has 0 N–H and O–H groups in total. The highest BCUT2D eigenvalue weighted by Crippen LogP contribution is 2.62. The third kappa shape index (κ3) is 9.77. The standard InChI is InChI=1S/C99H67N5/c1-5-28-74(29-6-1)100(75-30-7-2-8-31-75)78-56-60-82(61-57-78)102(94-44-21-26-70-24-13-15-36-84(70)94)80-52-46-68(47-53-80)72-50-64-86-87-65-51-73(67-93(87)99(92(86)66-72)90-40-18-20-43-97(90)104-96-42-19-17-38-88(96)89-39-23-41-91(99)98(89)104)69-48-54-81(55-49-69)103(95-45-22-27-71-25-14-16-37-85(71)95)83-62-58-79(59-63-83)101(76-32-9-3-10-33-76)77-34-11-4-12-35-77/h1-67H. The second-order valence-electron chi connectivity index (χ2n) is 27.1. The van der Waals surface area contributed by atoms with Gasteiger partial charge in [-0.3, -0.25) is 0 Å². The van der Waals surface area contributed by atoms with E-state index in [1.807, 2.05) is 0 Å². The predicted molar refractivity (Wildman–Crippen MR) is 436 cm³/mol. The summed E-state index contributed by atoms with van der Waals surface area (Å²) in [4.78, 5) is 9.46. The van der Waals surface area contributed by atoms with Crippen molar-refractivity contribution >= 4 is 112 Å². The molecule has 18 aromatic rings. The third-order valence-electron chi connectivity index (χ3n) is 21.5. The lowest BCUT2D eigenvalue weighted by atomic mass is 9.65. The minimum Gasteiger partial charge on any atom is -0.311 e. The van der Waals surface area contributed by atoms with E-state index in [1.165, 1.54) is 82.4 Å². The summed E-state index contributed by atoms with van der Waals surface area (Å²) < 4.78 is 2.54. The zero-order valence-corrected chi connectivity index (χ0v) is 56.9. The highest BCUT2D eigenvalue weighted by atomic mass is 15.2. The summed E-state index contributed by atoms with van der Waals surface area (Å²) in [7, 11) is 0. The molecule has 2 aliphatic rings. The Morgan fingerprint density at radius 2 is 0.519 bits per heavy atom. The second kappa shape index (κ2) is 24.9. The van der Waals surface area contributed by atoms with Gasteiger partial charge in [-0.2, -0.15) is 0 Å². The second-order valence-corrected chi connectivity index (χ2v) is 27.1. The molecule has 17 aromatic carbocycles. The molecule has 5 nitrogen and oxygen atoms in total. The number of fused-ring (bicyclic) bond motifs is 14. The van der Waals surface area contributed by atoms with Crippen LogP contribution in [0.3, 0.4) is 0 Å². The van der Waals surface area contributed by atoms with Gasteiger partial charge in [0.15, 0.2) is 0 Å². The molecule has 0 bridgehead atoms. The number of hydrogen-bond donors (Lipinski definition) is 0. The van der Waals surface area contributed by atoms with Crippen LogP contribution in [0.15, 0.2) is 406 Å². The van der Waals surface area contributed by atoms with Crippen molar-refractivity contribution in [2.45, 2.75) is 5.41 Å². The molecule has 2 heterocycles. The molecule has 1 aliphatic heterocycles. The Labute approximate surface area is 605 Å². The van der Waals surface area contributed by atoms with Crippen LogP contribution in [0.4, 0.5) is 68.2 Å². The van der Waals surface area contributed by atoms with E-state index in [0.717, 1.165) is 90.5 Å². The van der Waals surface area contributed by atoms with Crippen LogP contribution in [-0.4, -0.2) is 4.57 Å². The van der Waals surface area contributed by atoms with Crippen LogP contribution in [-0.2, 0) is 5.41 Å². The average Bonchev–Trinajstić information content (AvgIpc) is 1.48. The molecular formula is C99H67N5. The van der Waals surface area contributed by atoms with Crippen molar-refractivity contribution in [2.75, 3.05) is 19.6 Å². The van der Waals surface area contributed by atoms with Crippen LogP contribution in [0.2, 0.25) is 0 Å². The van der Waals surface area contributed by atoms with E-state index in [9.17, 15) is 0 Å². The summed E-state index contributed by atoms with van der Waals surface area (Å²) in [5.74, 6) is 0. The monoisotopic (exact) mass is 1330 g/mol. The van der Waals surface area contributed by atoms with E-state index in [1.54, 1.807) is 0 Å². The molecule has 20 rings (SSSR count). The number of para-hydroxylation sites is 7. The molecule has 0 radical (unpaired) electrons. The lowest BCUT2D eigenvalue weighted by Gasteiger charge is -2.40. The number of hydrogen-bond acceptors (Lipinski definition) is 4. The van der Waals surface area contributed by atoms with Gasteiger partial charge in [0.25, 0.3) is 0 Å². The topological polar surface area (TPSA) is 17.9 Å². The molecule has 0 amide bonds. The van der Waals surface area contributed by atoms with Crippen LogP contribution in [0.1, 0.15) is 22.3 Å². The normalized spacial score (nSPS) is 12.3. The number of anilines is 12. The molecule has 5 heteroatoms. The summed E-state index contributed by atoms with van der Waals surface area (Å²) in [5, 5.41) is 7.25. The Morgan fingerprint density at radius 1 is 0.202 bits per heavy atom. The van der Waals surface area contributed by atoms with Crippen molar-refractivity contribution in [3.63, 3.8) is 0 Å². The van der Waals surface area contributed by atoms with Gasteiger partial charge in [-0.05, 0) is 224 Å². The molecular weight excluding hydrogens is 1260 g/mol. The van der Waals surface area contributed by atoms with Crippen LogP contribution in [0, 0.1) is 0 Å². The Kier molecular flexibility index (Phi) is 14.4. The fourth-order valence-corrected chi connectivity index (χ4v) is 16.9. The number of nitrogens with zero attached hydrogens (tertiary/aromatic N) is 5. The van der Waals surface area contributed by atoms with E-state index in [4.69, 9.17) is 0 Å². The van der Waals surface area contributed by atoms with Gasteiger partial charge in [0.1, 0.15) is 0 Å². The van der Waals surface area contributed by atoms with Crippen molar-refractivity contribution in [2.24, 2.45) is 0 Å². The molecule has 0 saturated heterocycles. The molecule has 0 saturated carbocycles. The molecule has 488 valence electrons. The summed E-state index contributed by atoms with van der Waals surface area (Å²) in [6.07, 6.45) is 0. The van der Waals surface area contributed by atoms with Gasteiger partial charge in [-0.15, -0.1) is 0 Å². The molecule has 0 atom stereocenters. The van der Waals surface area contributed by atoms with Gasteiger partial charge in [0.05, 0.1) is 33.5 Å². The van der Waals surface area contributed by atoms with E-state index >= 15 is 0 Å². The number of aromatic nitrogens is 1. The largest absolute Gasteiger partial charge is 0.311 e. The Morgan fingerprint density at radius 3 is 0.971 bits per heavy atom. The van der Waals surface area contributed by atoms with Crippen LogP contribution >= 0.6 is 0 Å². The summed E-state index contributed by atoms with van der Waals surface area (Å²) in [6, 6.07) is 149. The maximum Gasteiger partial charge on any atom is 0.0754 e. The van der Waals surface area contributed by atoms with Crippen LogP contribution < -0.4 is 19.6 Å². The summed E-state index contributed by atoms with van der Waals surface area (Å²) >= 11 is 0. The van der Waals surface area contributed by atoms with Crippen molar-refractivity contribution in [3.05, 3.63) is 429 Å². The highest BCUT2D eigenvalue weighted by Gasteiger charge is 2.51. The quantitative estimate of drug-likeness (QED) is 0.108. The van der Waals surface area contributed by atoms with Crippen molar-refractivity contribution in [1.29, 1.82) is 0 Å². The first-order chi connectivity index (χ1) is 51.6. The molecule has 104 heavy (non-hydrogen) atoms. The molecule has 0 unspecified atom stereocenters. The molecule has 0 fully saturated rings. The average molecular weight is 1330 g/mol. The van der Waals surface area contributed by atoms with Crippen molar-refractivity contribution in [1.82, 2.24) is 4.57 Å². The number of benzene rings is 17. The van der Waals surface area contributed by atoms with Gasteiger partial charge >= 0.3 is 0 Å². The van der Waals surface area contributed by atoms with Gasteiger partial charge in [-0.1, -0.05) is 249 Å². The summed E-state index contributed by atoms with van der Waals surface area (Å²) in [5.41, 5.74) is 28.2. The van der Waals surface area contributed by atoms with Gasteiger partial charge in [0.2, 0.25) is 0 Å². The van der Waals surface area contributed by atoms with E-state index in [-0.39, 0.29) is 0 Å². The minimum absolute atomic E-state index is 0.696. The molecule has 1 aliphatic carbocycles. The van der Waals surface area contributed by atoms with Gasteiger partial charge in [0, 0.05) is 78.4 Å². The Balaban J connectivity index is 0.710. The predicted octanol–water partition coefficient (Wildman–Crippen LogP) is 27.0. The van der Waals surface area contributed by atoms with E-state index in [0.29, 0.717) is 0 Å². The lowest BCUT2D eigenvalue weighted by molar-refractivity contribution is 0.749. The first-order valence-electron chi connectivity index (χ1n) is 35.8. The Hall–Kier alpha value is -13.7. The maximum atomic E-state index is 2.54. The first kappa shape index (κ1) is 60.2. The van der Waals surface area contributed by atoms with E-state index < -0.39 is 5.41 Å². The van der Waals surface area contributed by atoms with Crippen molar-refractivity contribution < 1.29 is 0 Å². The smallest absolute Gasteiger partial charge is 0.0754 e. The third-order valence-corrected chi connectivity index (χ3v) is 21.5. The Bertz CT molecular complexity index is 5880. The highest BCUT2D eigenvalue weighted by molar-refractivity contribution is 6.13. The fraction of sp³-hybridized carbons (Fsp3) is 0.0101. The van der Waals surface area contributed by atoms with Gasteiger partial charge in [-0.25, -0.2) is 0 Å². The SMILES string of the molecule is c1ccc(N(c2ccccc2)c2ccc(N(c3ccc(-c4ccc5c(c4)C4(c6cc(-c7ccc(N(c8ccc(N(c9ccccc9)c9ccccc9)cc8)c8cccc9ccccc89)cc7)ccc6-5)c5ccccc5-n5c6ccccc6c6cccc4c65)cc3)c3cccc4ccccc34)cc2)cc1. The van der Waals surface area contributed by atoms with E-state index in [2.05, 4.69) is 431 Å². The first-order valence-corrected chi connectivity index (χ1v) is 35.8. The van der Waals surface area contributed by atoms with Gasteiger partial charge < -0.3 is 24.2 Å². The minimum atomic E-state index is -0.696. The van der Waals surface area contributed by atoms with Crippen LogP contribution in [0.25, 0.3) is 82.4 Å². The zero-order valence-electron chi connectivity index (χ0n) is 56.9. The van der Waals surface area contributed by atoms with Crippen LogP contribution in [0.5, 0.6) is 0 Å². The lowest BCUT2D eigenvalue weighted by Crippen LogP contribution is -2.33. The number of rotatable bonds is 14. The maximum absolute atomic E-state index is 2.54. The molecule has 1 spiro atoms. The van der Waals surface area contributed by atoms with Crippen molar-refractivity contribution in [3.8, 4) is 39.1 Å². The summed E-state index contributed by atoms with van der Waals surface area (Å²) in [6.45, 7) is 0. The molecule has 1 aromatic heterocycles. The fourth-order valence-electron chi connectivity index (χ4n) is 16.9. The zero-order chi connectivity index (χ0) is 68.7.